The van der Waals surface area contributed by atoms with Crippen LogP contribution < -0.4 is 5.32 Å². The van der Waals surface area contributed by atoms with Gasteiger partial charge in [0.05, 0.1) is 10.7 Å². The van der Waals surface area contributed by atoms with E-state index in [1.54, 1.807) is 13.8 Å². The number of amides is 1. The van der Waals surface area contributed by atoms with Gasteiger partial charge in [-0.05, 0) is 25.1 Å². The topological polar surface area (TPSA) is 89.3 Å². The molecule has 1 N–H and O–H groups in total. The molecule has 0 spiro atoms. The summed E-state index contributed by atoms with van der Waals surface area (Å²) in [7, 11) is 1.28. The number of carbonyl (C=O) groups is 1. The van der Waals surface area contributed by atoms with E-state index in [0.29, 0.717) is 17.3 Å². The van der Waals surface area contributed by atoms with Crippen molar-refractivity contribution in [1.29, 1.82) is 0 Å². The largest absolute Gasteiger partial charge is 0.436 e. The molecule has 0 saturated carbocycles. The standard InChI is InChI=1S/C12H10Cl2N2O4S/c1-6-11(20-7(2)15-6)12(17)16-8-3-4-10(9(13)5-8)21(14,18)19/h3-5H,1-2H3,(H,16,17). The lowest BCUT2D eigenvalue weighted by atomic mass is 10.3. The average molecular weight is 349 g/mol. The van der Waals surface area contributed by atoms with Crippen LogP contribution in [0.15, 0.2) is 27.5 Å². The zero-order valence-electron chi connectivity index (χ0n) is 11.0. The summed E-state index contributed by atoms with van der Waals surface area (Å²) in [5, 5.41) is 2.45. The minimum atomic E-state index is -3.94. The molecule has 0 radical (unpaired) electrons. The molecule has 6 nitrogen and oxygen atoms in total. The van der Waals surface area contributed by atoms with Crippen LogP contribution in [-0.4, -0.2) is 19.3 Å². The van der Waals surface area contributed by atoms with Gasteiger partial charge in [-0.25, -0.2) is 13.4 Å². The number of benzene rings is 1. The Bertz CT molecular complexity index is 815. The molecule has 0 aliphatic carbocycles. The average Bonchev–Trinajstić information content (AvgIpc) is 2.67. The van der Waals surface area contributed by atoms with E-state index in [1.807, 2.05) is 0 Å². The first-order chi connectivity index (χ1) is 9.68. The summed E-state index contributed by atoms with van der Waals surface area (Å²) in [4.78, 5) is 15.8. The number of nitrogens with zero attached hydrogens (tertiary/aromatic N) is 1. The third-order valence-electron chi connectivity index (χ3n) is 2.56. The van der Waals surface area contributed by atoms with Gasteiger partial charge in [0.15, 0.2) is 5.89 Å². The molecule has 112 valence electrons. The minimum absolute atomic E-state index is 0.0812. The van der Waals surface area contributed by atoms with Gasteiger partial charge in [-0.1, -0.05) is 11.6 Å². The van der Waals surface area contributed by atoms with Gasteiger partial charge in [-0.2, -0.15) is 0 Å². The summed E-state index contributed by atoms with van der Waals surface area (Å²) < 4.78 is 27.6. The van der Waals surface area contributed by atoms with Crippen molar-refractivity contribution in [3.63, 3.8) is 0 Å². The second kappa shape index (κ2) is 5.67. The van der Waals surface area contributed by atoms with Crippen molar-refractivity contribution in [2.24, 2.45) is 0 Å². The molecule has 1 heterocycles. The van der Waals surface area contributed by atoms with Crippen LogP contribution in [0.25, 0.3) is 0 Å². The first-order valence-electron chi connectivity index (χ1n) is 5.68. The second-order valence-corrected chi connectivity index (χ2v) is 7.13. The van der Waals surface area contributed by atoms with Crippen LogP contribution in [0.1, 0.15) is 22.1 Å². The smallest absolute Gasteiger partial charge is 0.293 e. The molecule has 1 aromatic carbocycles. The van der Waals surface area contributed by atoms with Gasteiger partial charge in [0.2, 0.25) is 5.76 Å². The number of oxazole rings is 1. The number of anilines is 1. The lowest BCUT2D eigenvalue weighted by Crippen LogP contribution is -2.12. The first-order valence-corrected chi connectivity index (χ1v) is 8.37. The van der Waals surface area contributed by atoms with Crippen molar-refractivity contribution < 1.29 is 17.6 Å². The lowest BCUT2D eigenvalue weighted by Gasteiger charge is -2.06. The van der Waals surface area contributed by atoms with Gasteiger partial charge >= 0.3 is 0 Å². The number of rotatable bonds is 3. The van der Waals surface area contributed by atoms with Crippen molar-refractivity contribution >= 4 is 42.9 Å². The van der Waals surface area contributed by atoms with Crippen molar-refractivity contribution in [2.45, 2.75) is 18.7 Å². The van der Waals surface area contributed by atoms with E-state index >= 15 is 0 Å². The summed E-state index contributed by atoms with van der Waals surface area (Å²) in [6, 6.07) is 3.86. The number of aryl methyl sites for hydroxylation is 2. The quantitative estimate of drug-likeness (QED) is 0.860. The summed E-state index contributed by atoms with van der Waals surface area (Å²) in [5.74, 6) is -0.0532. The molecule has 0 unspecified atom stereocenters. The third-order valence-corrected chi connectivity index (χ3v) is 4.37. The number of hydrogen-bond donors (Lipinski definition) is 1. The Morgan fingerprint density at radius 3 is 2.48 bits per heavy atom. The summed E-state index contributed by atoms with van der Waals surface area (Å²) in [6.45, 7) is 3.27. The maximum atomic E-state index is 12.0. The SMILES string of the molecule is Cc1nc(C)c(C(=O)Nc2ccc(S(=O)(=O)Cl)c(Cl)c2)o1. The molecular formula is C12H10Cl2N2O4S. The van der Waals surface area contributed by atoms with Gasteiger partial charge in [0.1, 0.15) is 4.90 Å². The fourth-order valence-corrected chi connectivity index (χ4v) is 3.24. The molecule has 0 saturated heterocycles. The predicted octanol–water partition coefficient (Wildman–Crippen LogP) is 3.12. The molecule has 2 rings (SSSR count). The maximum absolute atomic E-state index is 12.0. The van der Waals surface area contributed by atoms with E-state index in [-0.39, 0.29) is 15.7 Å². The molecule has 0 bridgehead atoms. The van der Waals surface area contributed by atoms with E-state index in [9.17, 15) is 13.2 Å². The normalized spacial score (nSPS) is 11.4. The highest BCUT2D eigenvalue weighted by atomic mass is 35.7. The molecule has 2 aromatic rings. The number of hydrogen-bond acceptors (Lipinski definition) is 5. The van der Waals surface area contributed by atoms with Crippen LogP contribution in [0.3, 0.4) is 0 Å². The van der Waals surface area contributed by atoms with Gasteiger partial charge in [0, 0.05) is 23.3 Å². The molecule has 1 aromatic heterocycles. The van der Waals surface area contributed by atoms with Gasteiger partial charge in [0.25, 0.3) is 15.0 Å². The van der Waals surface area contributed by atoms with E-state index in [0.717, 1.165) is 0 Å². The lowest BCUT2D eigenvalue weighted by molar-refractivity contribution is 0.0994. The zero-order valence-corrected chi connectivity index (χ0v) is 13.3. The Morgan fingerprint density at radius 1 is 1.33 bits per heavy atom. The second-order valence-electron chi connectivity index (χ2n) is 4.18. The molecule has 9 heteroatoms. The monoisotopic (exact) mass is 348 g/mol. The van der Waals surface area contributed by atoms with Crippen molar-refractivity contribution in [3.8, 4) is 0 Å². The van der Waals surface area contributed by atoms with Crippen LogP contribution in [-0.2, 0) is 9.05 Å². The molecule has 0 fully saturated rings. The molecule has 1 amide bonds. The highest BCUT2D eigenvalue weighted by Gasteiger charge is 2.18. The molecular weight excluding hydrogens is 339 g/mol. The molecule has 0 aliphatic rings. The van der Waals surface area contributed by atoms with Crippen molar-refractivity contribution in [2.75, 3.05) is 5.32 Å². The maximum Gasteiger partial charge on any atom is 0.293 e. The van der Waals surface area contributed by atoms with Gasteiger partial charge in [-0.3, -0.25) is 4.79 Å². The Labute approximate surface area is 130 Å². The zero-order chi connectivity index (χ0) is 15.8. The van der Waals surface area contributed by atoms with Crippen LogP contribution in [0.5, 0.6) is 0 Å². The summed E-state index contributed by atoms with van der Waals surface area (Å²) in [6.07, 6.45) is 0. The summed E-state index contributed by atoms with van der Waals surface area (Å²) in [5.41, 5.74) is 0.763. The van der Waals surface area contributed by atoms with Crippen LogP contribution >= 0.6 is 22.3 Å². The van der Waals surface area contributed by atoms with Crippen molar-refractivity contribution in [1.82, 2.24) is 4.98 Å². The minimum Gasteiger partial charge on any atom is -0.436 e. The van der Waals surface area contributed by atoms with Crippen LogP contribution in [0.4, 0.5) is 5.69 Å². The van der Waals surface area contributed by atoms with Crippen LogP contribution in [0, 0.1) is 13.8 Å². The van der Waals surface area contributed by atoms with Gasteiger partial charge in [-0.15, -0.1) is 0 Å². The van der Waals surface area contributed by atoms with E-state index in [4.69, 9.17) is 26.7 Å². The fourth-order valence-electron chi connectivity index (χ4n) is 1.71. The Kier molecular flexibility index (Phi) is 4.27. The van der Waals surface area contributed by atoms with Crippen molar-refractivity contribution in [3.05, 3.63) is 40.6 Å². The van der Waals surface area contributed by atoms with E-state index in [1.165, 1.54) is 18.2 Å². The highest BCUT2D eigenvalue weighted by Crippen LogP contribution is 2.27. The van der Waals surface area contributed by atoms with E-state index < -0.39 is 15.0 Å². The third kappa shape index (κ3) is 3.55. The number of aromatic nitrogens is 1. The fraction of sp³-hybridized carbons (Fsp3) is 0.167. The number of carbonyl (C=O) groups excluding carboxylic acids is 1. The van der Waals surface area contributed by atoms with E-state index in [2.05, 4.69) is 10.3 Å². The Balaban J connectivity index is 2.27. The first kappa shape index (κ1) is 15.8. The van der Waals surface area contributed by atoms with Crippen LogP contribution in [0.2, 0.25) is 5.02 Å². The predicted molar refractivity (Wildman–Crippen MR) is 78.4 cm³/mol. The molecule has 0 atom stereocenters. The molecule has 0 aliphatic heterocycles. The highest BCUT2D eigenvalue weighted by molar-refractivity contribution is 8.13. The number of halogens is 2. The van der Waals surface area contributed by atoms with Gasteiger partial charge < -0.3 is 9.73 Å². The number of nitrogens with one attached hydrogen (secondary N) is 1. The summed E-state index contributed by atoms with van der Waals surface area (Å²) >= 11 is 5.83. The Morgan fingerprint density at radius 2 is 2.00 bits per heavy atom. The Hall–Kier alpha value is -1.57. The molecule has 21 heavy (non-hydrogen) atoms.